The Morgan fingerprint density at radius 1 is 1.27 bits per heavy atom. The molecule has 1 aromatic carbocycles. The van der Waals surface area contributed by atoms with E-state index in [2.05, 4.69) is 5.32 Å². The van der Waals surface area contributed by atoms with Gasteiger partial charge in [0.25, 0.3) is 0 Å². The van der Waals surface area contributed by atoms with Crippen molar-refractivity contribution in [2.75, 3.05) is 5.32 Å². The summed E-state index contributed by atoms with van der Waals surface area (Å²) >= 11 is 0. The summed E-state index contributed by atoms with van der Waals surface area (Å²) in [7, 11) is 0. The van der Waals surface area contributed by atoms with Gasteiger partial charge in [0.1, 0.15) is 0 Å². The molecule has 1 aromatic rings. The van der Waals surface area contributed by atoms with Crippen LogP contribution in [-0.4, -0.2) is 11.6 Å². The van der Waals surface area contributed by atoms with Crippen molar-refractivity contribution in [2.45, 2.75) is 6.18 Å². The molecule has 0 unspecified atom stereocenters. The summed E-state index contributed by atoms with van der Waals surface area (Å²) in [6, 6.07) is 3.29. The lowest BCUT2D eigenvalue weighted by Gasteiger charge is -2.10. The van der Waals surface area contributed by atoms with Gasteiger partial charge in [0.15, 0.2) is 5.84 Å². The monoisotopic (exact) mass is 214 g/mol. The number of para-hydroxylation sites is 1. The number of nitrogens with one attached hydrogen (secondary N) is 2. The smallest absolute Gasteiger partial charge is 0.336 e. The van der Waals surface area contributed by atoms with Gasteiger partial charge < -0.3 is 5.32 Å². The summed E-state index contributed by atoms with van der Waals surface area (Å²) < 4.78 is 37.4. The van der Waals surface area contributed by atoms with Crippen molar-refractivity contribution in [1.82, 2.24) is 0 Å². The normalized spacial score (nSPS) is 15.1. The maximum Gasteiger partial charge on any atom is 0.418 e. The Labute approximate surface area is 82.4 Å². The molecule has 1 aliphatic heterocycles. The Hall–Kier alpha value is -1.85. The fourth-order valence-corrected chi connectivity index (χ4v) is 1.43. The van der Waals surface area contributed by atoms with Crippen molar-refractivity contribution < 1.29 is 18.0 Å². The number of halogens is 3. The standard InChI is InChI=1S/C9H5F3N2O/c10-9(11,12)5-3-1-2-4-6(5)14-8(13)7(4)15/h1-3H,(H2,13,14,15). The Bertz CT molecular complexity index is 465. The minimum absolute atomic E-state index is 0.102. The fourth-order valence-electron chi connectivity index (χ4n) is 1.43. The number of amidine groups is 1. The van der Waals surface area contributed by atoms with Crippen LogP contribution in [-0.2, 0) is 6.18 Å². The highest BCUT2D eigenvalue weighted by molar-refractivity contribution is 6.52. The van der Waals surface area contributed by atoms with Crippen LogP contribution in [0, 0.1) is 5.41 Å². The van der Waals surface area contributed by atoms with Crippen molar-refractivity contribution in [3.05, 3.63) is 29.3 Å². The minimum Gasteiger partial charge on any atom is -0.336 e. The van der Waals surface area contributed by atoms with E-state index in [0.29, 0.717) is 0 Å². The van der Waals surface area contributed by atoms with Gasteiger partial charge in [0.05, 0.1) is 11.3 Å². The van der Waals surface area contributed by atoms with Crippen LogP contribution in [0.2, 0.25) is 0 Å². The van der Waals surface area contributed by atoms with Gasteiger partial charge in [0.2, 0.25) is 5.78 Å². The number of hydrogen-bond acceptors (Lipinski definition) is 2. The van der Waals surface area contributed by atoms with Crippen molar-refractivity contribution in [1.29, 1.82) is 5.41 Å². The third kappa shape index (κ3) is 1.38. The number of carbonyl (C=O) groups is 1. The molecule has 0 saturated heterocycles. The average molecular weight is 214 g/mol. The van der Waals surface area contributed by atoms with E-state index in [0.717, 1.165) is 12.1 Å². The van der Waals surface area contributed by atoms with Crippen molar-refractivity contribution in [2.24, 2.45) is 0 Å². The lowest BCUT2D eigenvalue weighted by Crippen LogP contribution is -2.12. The summed E-state index contributed by atoms with van der Waals surface area (Å²) in [6.07, 6.45) is -4.52. The molecule has 78 valence electrons. The van der Waals surface area contributed by atoms with Crippen LogP contribution in [0.4, 0.5) is 18.9 Å². The van der Waals surface area contributed by atoms with E-state index in [1.54, 1.807) is 0 Å². The first-order valence-electron chi connectivity index (χ1n) is 4.02. The van der Waals surface area contributed by atoms with Gasteiger partial charge in [-0.05, 0) is 12.1 Å². The zero-order valence-corrected chi connectivity index (χ0v) is 7.27. The highest BCUT2D eigenvalue weighted by atomic mass is 19.4. The van der Waals surface area contributed by atoms with Crippen LogP contribution in [0.5, 0.6) is 0 Å². The van der Waals surface area contributed by atoms with E-state index in [9.17, 15) is 18.0 Å². The van der Waals surface area contributed by atoms with E-state index >= 15 is 0 Å². The van der Waals surface area contributed by atoms with Crippen LogP contribution in [0.1, 0.15) is 15.9 Å². The summed E-state index contributed by atoms with van der Waals surface area (Å²) in [5.41, 5.74) is -1.34. The summed E-state index contributed by atoms with van der Waals surface area (Å²) in [6.45, 7) is 0. The molecular weight excluding hydrogens is 209 g/mol. The Kier molecular flexibility index (Phi) is 1.82. The largest absolute Gasteiger partial charge is 0.418 e. The highest BCUT2D eigenvalue weighted by Gasteiger charge is 2.38. The number of Topliss-reactive ketones (excluding diaryl/α,β-unsaturated/α-hetero) is 1. The van der Waals surface area contributed by atoms with Gasteiger partial charge in [-0.2, -0.15) is 13.2 Å². The Morgan fingerprint density at radius 2 is 1.93 bits per heavy atom. The van der Waals surface area contributed by atoms with Gasteiger partial charge in [-0.1, -0.05) is 6.07 Å². The van der Waals surface area contributed by atoms with Gasteiger partial charge in [-0.3, -0.25) is 10.2 Å². The van der Waals surface area contributed by atoms with Gasteiger partial charge in [-0.15, -0.1) is 0 Å². The molecule has 0 fully saturated rings. The number of anilines is 1. The van der Waals surface area contributed by atoms with Crippen LogP contribution in [0.3, 0.4) is 0 Å². The van der Waals surface area contributed by atoms with E-state index in [-0.39, 0.29) is 11.3 Å². The highest BCUT2D eigenvalue weighted by Crippen LogP contribution is 2.38. The second kappa shape index (κ2) is 2.82. The molecule has 6 heteroatoms. The molecule has 0 spiro atoms. The third-order valence-electron chi connectivity index (χ3n) is 2.09. The first-order chi connectivity index (χ1) is 6.91. The molecule has 0 aliphatic carbocycles. The van der Waals surface area contributed by atoms with Crippen LogP contribution in [0.25, 0.3) is 0 Å². The molecule has 15 heavy (non-hydrogen) atoms. The number of ketones is 1. The Morgan fingerprint density at radius 3 is 2.53 bits per heavy atom. The quantitative estimate of drug-likeness (QED) is 0.696. The number of rotatable bonds is 0. The van der Waals surface area contributed by atoms with E-state index in [4.69, 9.17) is 5.41 Å². The number of carbonyl (C=O) groups excluding carboxylic acids is 1. The topological polar surface area (TPSA) is 53.0 Å². The number of fused-ring (bicyclic) bond motifs is 1. The molecule has 0 saturated carbocycles. The molecule has 2 rings (SSSR count). The van der Waals surface area contributed by atoms with Crippen molar-refractivity contribution in [3.8, 4) is 0 Å². The van der Waals surface area contributed by atoms with Crippen LogP contribution < -0.4 is 5.32 Å². The third-order valence-corrected chi connectivity index (χ3v) is 2.09. The lowest BCUT2D eigenvalue weighted by atomic mass is 10.1. The zero-order valence-electron chi connectivity index (χ0n) is 7.27. The molecule has 2 N–H and O–H groups in total. The predicted molar refractivity (Wildman–Crippen MR) is 47.1 cm³/mol. The fraction of sp³-hybridized carbons (Fsp3) is 0.111. The minimum atomic E-state index is -4.52. The molecule has 0 aromatic heterocycles. The van der Waals surface area contributed by atoms with Crippen molar-refractivity contribution in [3.63, 3.8) is 0 Å². The molecule has 1 aliphatic rings. The van der Waals surface area contributed by atoms with Gasteiger partial charge in [-0.25, -0.2) is 0 Å². The predicted octanol–water partition coefficient (Wildman–Crippen LogP) is 2.29. The first-order valence-corrected chi connectivity index (χ1v) is 4.02. The first kappa shape index (κ1) is 9.70. The molecule has 0 atom stereocenters. The van der Waals surface area contributed by atoms with Gasteiger partial charge >= 0.3 is 6.18 Å². The van der Waals surface area contributed by atoms with E-state index < -0.39 is 23.4 Å². The lowest BCUT2D eigenvalue weighted by molar-refractivity contribution is -0.136. The number of benzene rings is 1. The molecule has 0 radical (unpaired) electrons. The van der Waals surface area contributed by atoms with E-state index in [1.165, 1.54) is 6.07 Å². The summed E-state index contributed by atoms with van der Waals surface area (Å²) in [4.78, 5) is 11.2. The molecule has 0 amide bonds. The SMILES string of the molecule is N=C1Nc2c(cccc2C(F)(F)F)C1=O. The molecule has 0 bridgehead atoms. The molecule has 3 nitrogen and oxygen atoms in total. The van der Waals surface area contributed by atoms with Gasteiger partial charge in [0, 0.05) is 5.56 Å². The molecule has 1 heterocycles. The molecular formula is C9H5F3N2O. The number of hydrogen-bond donors (Lipinski definition) is 2. The summed E-state index contributed by atoms with van der Waals surface area (Å²) in [5, 5.41) is 9.25. The zero-order chi connectivity index (χ0) is 11.2. The summed E-state index contributed by atoms with van der Waals surface area (Å²) in [5.74, 6) is -1.24. The van der Waals surface area contributed by atoms with Crippen LogP contribution in [0.15, 0.2) is 18.2 Å². The number of alkyl halides is 3. The van der Waals surface area contributed by atoms with E-state index in [1.807, 2.05) is 0 Å². The van der Waals surface area contributed by atoms with Crippen LogP contribution >= 0.6 is 0 Å². The maximum absolute atomic E-state index is 12.5. The maximum atomic E-state index is 12.5. The average Bonchev–Trinajstić information content (AvgIpc) is 2.41. The second-order valence-corrected chi connectivity index (χ2v) is 3.06. The Balaban J connectivity index is 2.65. The second-order valence-electron chi connectivity index (χ2n) is 3.06. The van der Waals surface area contributed by atoms with Crippen molar-refractivity contribution >= 4 is 17.3 Å².